The molecule has 11 aromatic rings. The van der Waals surface area contributed by atoms with Gasteiger partial charge in [-0.3, -0.25) is 13.9 Å². The zero-order valence-corrected chi connectivity index (χ0v) is 69.9. The molecule has 111 heavy (non-hydrogen) atoms. The van der Waals surface area contributed by atoms with Gasteiger partial charge in [-0.2, -0.15) is 0 Å². The maximum atomic E-state index is 12.3. The number of carbonyl (C=O) groups excluding carboxylic acids is 1. The molecule has 574 valence electrons. The summed E-state index contributed by atoms with van der Waals surface area (Å²) in [6.45, 7) is 15.0. The van der Waals surface area contributed by atoms with Crippen LogP contribution >= 0.6 is 16.3 Å². The Labute approximate surface area is 698 Å². The standard InChI is InChI=1S/C50H44N2O4.C21H19NO3.C12H18O5P2.C4H9O.C4H10O.K/c1-55-49-13-5-11-47(33-49)52(48-12-6-14-50(34-48)56-2)44-29-25-40(26-30-44)22-20-38-17-15-37(16-18-38)19-21-39-23-27-43(28-24-39)51(45-9-3-7-41(31-45)35-53)46-10-4-8-42(32-46)36-54;23-13-16-7-9-19(10-8-16)22(20-5-1-3-17(11-20)14-24)21-6-2-4-18(12-21)15-25;1-3-16-19(14,17-4-2)10-12-7-5-11(6-8-12)9-15-18-13;1-4(2,3)5;1-3-5-4-2;/h3-34,53-54H,35-36H2,1-2H3;1-13,24-25H,14-15H2;5-8H,3-4,9-10H2,1-2H3;1-3H3;3-4H2,1-2H3;/q;;;-1;;+1/b21-19+,22-20+;;;;;. The van der Waals surface area contributed by atoms with E-state index >= 15 is 0 Å². The van der Waals surface area contributed by atoms with Crippen molar-refractivity contribution in [2.45, 2.75) is 93.3 Å². The fourth-order valence-corrected chi connectivity index (χ4v) is 13.0. The zero-order valence-electron chi connectivity index (χ0n) is 65.0. The summed E-state index contributed by atoms with van der Waals surface area (Å²) in [4.78, 5) is 17.3. The predicted octanol–water partition coefficient (Wildman–Crippen LogP) is 18.3. The average molecular weight is 1560 g/mol. The number of aldehydes is 1. The molecule has 17 nitrogen and oxygen atoms in total. The van der Waals surface area contributed by atoms with Gasteiger partial charge in [0.1, 0.15) is 17.8 Å². The predicted molar refractivity (Wildman–Crippen MR) is 445 cm³/mol. The molecule has 0 unspecified atom stereocenters. The van der Waals surface area contributed by atoms with Crippen molar-refractivity contribution in [1.82, 2.24) is 0 Å². The van der Waals surface area contributed by atoms with Crippen molar-refractivity contribution in [1.29, 1.82) is 0 Å². The molecule has 11 rings (SSSR count). The maximum Gasteiger partial charge on any atom is 1.00 e. The molecule has 0 spiro atoms. The molecule has 0 atom stereocenters. The molecule has 0 aromatic heterocycles. The van der Waals surface area contributed by atoms with E-state index in [1.165, 1.54) is 0 Å². The van der Waals surface area contributed by atoms with E-state index in [-0.39, 0.29) is 99.3 Å². The second-order valence-corrected chi connectivity index (χ2v) is 28.1. The molecule has 0 radical (unpaired) electrons. The van der Waals surface area contributed by atoms with Gasteiger partial charge in [0.05, 0.1) is 66.6 Å². The summed E-state index contributed by atoms with van der Waals surface area (Å²) in [5.74, 6) is 1.58. The molecule has 0 aliphatic heterocycles. The van der Waals surface area contributed by atoms with Crippen molar-refractivity contribution >= 4 is 98.1 Å². The molecule has 0 fully saturated rings. The van der Waals surface area contributed by atoms with E-state index in [2.05, 4.69) is 119 Å². The first kappa shape index (κ1) is 91.1. The van der Waals surface area contributed by atoms with Crippen LogP contribution in [0.3, 0.4) is 0 Å². The molecule has 0 heterocycles. The number of carbonyl (C=O) groups is 1. The Morgan fingerprint density at radius 2 is 0.667 bits per heavy atom. The van der Waals surface area contributed by atoms with Gasteiger partial charge in [-0.05, 0) is 205 Å². The summed E-state index contributed by atoms with van der Waals surface area (Å²) >= 11 is 0. The van der Waals surface area contributed by atoms with Crippen LogP contribution < -0.4 is 80.7 Å². The van der Waals surface area contributed by atoms with Gasteiger partial charge in [-0.15, -0.1) is 5.60 Å². The number of aliphatic hydroxyl groups is 4. The van der Waals surface area contributed by atoms with Gasteiger partial charge in [0.15, 0.2) is 0 Å². The van der Waals surface area contributed by atoms with Gasteiger partial charge in [0.2, 0.25) is 0 Å². The molecular formula is C91H100KN3O14P2. The van der Waals surface area contributed by atoms with Crippen LogP contribution in [0.25, 0.3) is 24.3 Å². The summed E-state index contributed by atoms with van der Waals surface area (Å²) < 4.78 is 53.6. The largest absolute Gasteiger partial charge is 1.00 e. The Hall–Kier alpha value is -8.82. The number of benzene rings is 11. The van der Waals surface area contributed by atoms with E-state index in [4.69, 9.17) is 27.8 Å². The number of ether oxygens (including phenoxy) is 3. The Kier molecular flexibility index (Phi) is 40.1. The maximum absolute atomic E-state index is 12.3. The Balaban J connectivity index is 0.000000286. The second kappa shape index (κ2) is 48.8. The van der Waals surface area contributed by atoms with E-state index in [0.29, 0.717) is 18.8 Å². The van der Waals surface area contributed by atoms with Crippen LogP contribution in [0.1, 0.15) is 114 Å². The molecule has 0 amide bonds. The third-order valence-electron chi connectivity index (χ3n) is 16.2. The van der Waals surface area contributed by atoms with E-state index in [0.717, 1.165) is 138 Å². The molecule has 4 N–H and O–H groups in total. The Morgan fingerprint density at radius 1 is 0.387 bits per heavy atom. The van der Waals surface area contributed by atoms with Crippen molar-refractivity contribution in [2.24, 2.45) is 0 Å². The van der Waals surface area contributed by atoms with E-state index in [9.17, 15) is 39.5 Å². The quantitative estimate of drug-likeness (QED) is 0.0137. The molecule has 11 aromatic carbocycles. The summed E-state index contributed by atoms with van der Waals surface area (Å²) in [6, 6.07) is 87.0. The number of hydrogen-bond donors (Lipinski definition) is 4. The van der Waals surface area contributed by atoms with Crippen molar-refractivity contribution in [2.75, 3.05) is 55.3 Å². The van der Waals surface area contributed by atoms with Gasteiger partial charge in [0.25, 0.3) is 0 Å². The van der Waals surface area contributed by atoms with Crippen molar-refractivity contribution < 1.29 is 119 Å². The summed E-state index contributed by atoms with van der Waals surface area (Å²) in [7, 11) is -0.0378. The monoisotopic (exact) mass is 1560 g/mol. The third kappa shape index (κ3) is 30.7. The Bertz CT molecular complexity index is 4340. The second-order valence-electron chi connectivity index (χ2n) is 25.6. The van der Waals surface area contributed by atoms with Crippen LogP contribution in [0.4, 0.5) is 51.2 Å². The van der Waals surface area contributed by atoms with Crippen LogP contribution in [0.15, 0.2) is 267 Å². The van der Waals surface area contributed by atoms with E-state index in [1.807, 2.05) is 189 Å². The van der Waals surface area contributed by atoms with Crippen LogP contribution in [0, 0.1) is 0 Å². The number of nitrogens with zero attached hydrogens (tertiary/aromatic N) is 3. The van der Waals surface area contributed by atoms with Crippen molar-refractivity contribution in [3.05, 3.63) is 328 Å². The van der Waals surface area contributed by atoms with E-state index < -0.39 is 13.2 Å². The minimum absolute atomic E-state index is 0. The Morgan fingerprint density at radius 3 is 0.928 bits per heavy atom. The molecule has 0 saturated heterocycles. The molecule has 20 heteroatoms. The number of methoxy groups -OCH3 is 2. The molecule has 0 saturated carbocycles. The van der Waals surface area contributed by atoms with Gasteiger partial charge in [-0.25, -0.2) is 4.57 Å². The van der Waals surface area contributed by atoms with E-state index in [1.54, 1.807) is 61.0 Å². The zero-order chi connectivity index (χ0) is 79.1. The van der Waals surface area contributed by atoms with Crippen molar-refractivity contribution in [3.8, 4) is 11.5 Å². The topological polar surface area (TPSA) is 220 Å². The first-order valence-electron chi connectivity index (χ1n) is 36.2. The van der Waals surface area contributed by atoms with Crippen LogP contribution in [-0.2, 0) is 66.6 Å². The van der Waals surface area contributed by atoms with Gasteiger partial charge >= 0.3 is 67.7 Å². The van der Waals surface area contributed by atoms with Gasteiger partial charge in [0, 0.05) is 82.1 Å². The summed E-state index contributed by atoms with van der Waals surface area (Å²) in [5.41, 5.74) is 17.8. The molecule has 0 bridgehead atoms. The molecule has 0 aliphatic rings. The fraction of sp³-hybridized carbons (Fsp3) is 0.220. The van der Waals surface area contributed by atoms with Crippen LogP contribution in [0.5, 0.6) is 11.5 Å². The fourth-order valence-electron chi connectivity index (χ4n) is 11.1. The minimum Gasteiger partial charge on any atom is -0.850 e. The molecule has 0 aliphatic carbocycles. The van der Waals surface area contributed by atoms with Crippen LogP contribution in [-0.4, -0.2) is 73.0 Å². The first-order valence-corrected chi connectivity index (χ1v) is 38.7. The van der Waals surface area contributed by atoms with Crippen molar-refractivity contribution in [3.63, 3.8) is 0 Å². The number of hydrogen-bond acceptors (Lipinski definition) is 17. The minimum atomic E-state index is -3.06. The smallest absolute Gasteiger partial charge is 0.850 e. The number of rotatable bonds is 31. The third-order valence-corrected chi connectivity index (χ3v) is 18.5. The van der Waals surface area contributed by atoms with Crippen LogP contribution in [0.2, 0.25) is 0 Å². The number of anilines is 9. The van der Waals surface area contributed by atoms with Gasteiger partial charge < -0.3 is 63.5 Å². The van der Waals surface area contributed by atoms with Gasteiger partial charge in [-0.1, -0.05) is 179 Å². The SMILES string of the molecule is CC(C)(C)[O-].CCOCC.CCOP(=O)(Cc1ccc(COP=O)cc1)OCC.COc1cccc(N(c2ccc(/C=C/c3ccc(/C=C/c4ccc(N(c5cccc(CO)c5)c5cccc(CO)c5)cc4)cc3)cc2)c2cccc(OC)c2)c1.O=Cc1ccc(N(c2cccc(CO)c2)c2cccc(CO)c2)cc1.[K+]. The first-order chi connectivity index (χ1) is 53.3. The number of aliphatic hydroxyl groups excluding tert-OH is 4. The summed E-state index contributed by atoms with van der Waals surface area (Å²) in [6.07, 6.45) is 9.54. The normalized spacial score (nSPS) is 11.0. The average Bonchev–Trinajstić information content (AvgIpc) is 0.812. The summed E-state index contributed by atoms with van der Waals surface area (Å²) in [5, 5.41) is 48.6. The molecular weight excluding hydrogens is 1460 g/mol.